The van der Waals surface area contributed by atoms with E-state index in [2.05, 4.69) is 35.1 Å². The van der Waals surface area contributed by atoms with Gasteiger partial charge in [-0.2, -0.15) is 5.26 Å². The second-order valence-electron chi connectivity index (χ2n) is 3.71. The van der Waals surface area contributed by atoms with Crippen molar-refractivity contribution in [3.8, 4) is 6.07 Å². The summed E-state index contributed by atoms with van der Waals surface area (Å²) in [5.41, 5.74) is 0.364. The molecule has 0 amide bonds. The Kier molecular flexibility index (Phi) is 3.35. The lowest BCUT2D eigenvalue weighted by Gasteiger charge is -2.17. The lowest BCUT2D eigenvalue weighted by molar-refractivity contribution is 0.898. The molecule has 0 N–H and O–H groups in total. The summed E-state index contributed by atoms with van der Waals surface area (Å²) in [6.07, 6.45) is 3.14. The highest BCUT2D eigenvalue weighted by Gasteiger charge is 2.10. The van der Waals surface area contributed by atoms with E-state index < -0.39 is 0 Å². The van der Waals surface area contributed by atoms with Crippen molar-refractivity contribution in [2.24, 2.45) is 0 Å². The zero-order chi connectivity index (χ0) is 12.3. The SMILES string of the molecule is Cc1ccc(CN(C)c2nccnc2C#N)s1. The van der Waals surface area contributed by atoms with Crippen LogP contribution in [0.4, 0.5) is 5.82 Å². The van der Waals surface area contributed by atoms with Crippen molar-refractivity contribution in [2.45, 2.75) is 13.5 Å². The first kappa shape index (κ1) is 11.6. The minimum atomic E-state index is 0.364. The molecule has 2 heterocycles. The van der Waals surface area contributed by atoms with Gasteiger partial charge < -0.3 is 4.90 Å². The largest absolute Gasteiger partial charge is 0.352 e. The molecule has 17 heavy (non-hydrogen) atoms. The number of rotatable bonds is 3. The van der Waals surface area contributed by atoms with Gasteiger partial charge in [0, 0.05) is 29.2 Å². The summed E-state index contributed by atoms with van der Waals surface area (Å²) >= 11 is 1.75. The summed E-state index contributed by atoms with van der Waals surface area (Å²) in [5.74, 6) is 0.626. The highest BCUT2D eigenvalue weighted by molar-refractivity contribution is 7.11. The van der Waals surface area contributed by atoms with Crippen molar-refractivity contribution in [1.82, 2.24) is 9.97 Å². The first-order valence-corrected chi connectivity index (χ1v) is 6.00. The molecule has 2 aromatic heterocycles. The topological polar surface area (TPSA) is 52.8 Å². The molecule has 0 saturated carbocycles. The Morgan fingerprint density at radius 2 is 2.12 bits per heavy atom. The summed E-state index contributed by atoms with van der Waals surface area (Å²) in [6, 6.07) is 6.24. The number of aromatic nitrogens is 2. The molecule has 0 aliphatic rings. The Morgan fingerprint density at radius 3 is 2.76 bits per heavy atom. The summed E-state index contributed by atoms with van der Waals surface area (Å²) < 4.78 is 0. The van der Waals surface area contributed by atoms with E-state index in [1.54, 1.807) is 17.5 Å². The van der Waals surface area contributed by atoms with Crippen LogP contribution in [-0.2, 0) is 6.54 Å². The molecule has 5 heteroatoms. The first-order valence-electron chi connectivity index (χ1n) is 5.18. The summed E-state index contributed by atoms with van der Waals surface area (Å²) in [5, 5.41) is 8.96. The number of hydrogen-bond acceptors (Lipinski definition) is 5. The minimum absolute atomic E-state index is 0.364. The second kappa shape index (κ2) is 4.93. The molecular formula is C12H12N4S. The highest BCUT2D eigenvalue weighted by Crippen LogP contribution is 2.20. The van der Waals surface area contributed by atoms with Crippen molar-refractivity contribution < 1.29 is 0 Å². The lowest BCUT2D eigenvalue weighted by Crippen LogP contribution is -2.18. The molecule has 0 spiro atoms. The van der Waals surface area contributed by atoms with Crippen molar-refractivity contribution in [2.75, 3.05) is 11.9 Å². The standard InChI is InChI=1S/C12H12N4S/c1-9-3-4-10(17-9)8-16(2)12-11(7-13)14-5-6-15-12/h3-6H,8H2,1-2H3. The molecule has 0 unspecified atom stereocenters. The van der Waals surface area contributed by atoms with E-state index in [1.165, 1.54) is 16.0 Å². The average molecular weight is 244 g/mol. The van der Waals surface area contributed by atoms with Crippen LogP contribution in [-0.4, -0.2) is 17.0 Å². The number of nitriles is 1. The van der Waals surface area contributed by atoms with E-state index in [0.29, 0.717) is 11.5 Å². The van der Waals surface area contributed by atoms with Crippen molar-refractivity contribution >= 4 is 17.2 Å². The van der Waals surface area contributed by atoms with Gasteiger partial charge in [-0.25, -0.2) is 9.97 Å². The number of hydrogen-bond donors (Lipinski definition) is 0. The smallest absolute Gasteiger partial charge is 0.183 e. The van der Waals surface area contributed by atoms with Gasteiger partial charge in [-0.3, -0.25) is 0 Å². The van der Waals surface area contributed by atoms with Crippen LogP contribution in [0.15, 0.2) is 24.5 Å². The average Bonchev–Trinajstić information content (AvgIpc) is 2.74. The molecule has 2 aromatic rings. The van der Waals surface area contributed by atoms with Crippen LogP contribution >= 0.6 is 11.3 Å². The van der Waals surface area contributed by atoms with Gasteiger partial charge in [0.1, 0.15) is 6.07 Å². The minimum Gasteiger partial charge on any atom is -0.352 e. The van der Waals surface area contributed by atoms with Gasteiger partial charge in [0.15, 0.2) is 11.5 Å². The van der Waals surface area contributed by atoms with E-state index in [-0.39, 0.29) is 0 Å². The lowest BCUT2D eigenvalue weighted by atomic mass is 10.3. The van der Waals surface area contributed by atoms with Crippen LogP contribution in [0.1, 0.15) is 15.4 Å². The quantitative estimate of drug-likeness (QED) is 0.831. The van der Waals surface area contributed by atoms with E-state index in [9.17, 15) is 0 Å². The van der Waals surface area contributed by atoms with Gasteiger partial charge in [-0.15, -0.1) is 11.3 Å². The normalized spacial score (nSPS) is 9.94. The Balaban J connectivity index is 2.20. The van der Waals surface area contributed by atoms with Crippen LogP contribution in [0.3, 0.4) is 0 Å². The Hall–Kier alpha value is -1.93. The van der Waals surface area contributed by atoms with Crippen LogP contribution < -0.4 is 4.90 Å². The Labute approximate surface area is 104 Å². The fraction of sp³-hybridized carbons (Fsp3) is 0.250. The third kappa shape index (κ3) is 2.60. The van der Waals surface area contributed by atoms with E-state index >= 15 is 0 Å². The molecule has 0 atom stereocenters. The molecule has 0 aliphatic heterocycles. The van der Waals surface area contributed by atoms with Crippen LogP contribution in [0.5, 0.6) is 0 Å². The summed E-state index contributed by atoms with van der Waals surface area (Å²) in [4.78, 5) is 12.7. The van der Waals surface area contributed by atoms with Crippen LogP contribution in [0.2, 0.25) is 0 Å². The third-order valence-corrected chi connectivity index (χ3v) is 3.32. The molecule has 2 rings (SSSR count). The number of aryl methyl sites for hydroxylation is 1. The van der Waals surface area contributed by atoms with E-state index in [1.807, 2.05) is 11.9 Å². The number of nitrogens with zero attached hydrogens (tertiary/aromatic N) is 4. The molecular weight excluding hydrogens is 232 g/mol. The Bertz CT molecular complexity index is 556. The van der Waals surface area contributed by atoms with Gasteiger partial charge in [0.25, 0.3) is 0 Å². The molecule has 0 aliphatic carbocycles. The van der Waals surface area contributed by atoms with Crippen molar-refractivity contribution in [3.63, 3.8) is 0 Å². The first-order chi connectivity index (χ1) is 8.20. The van der Waals surface area contributed by atoms with Gasteiger partial charge in [-0.05, 0) is 19.1 Å². The molecule has 86 valence electrons. The van der Waals surface area contributed by atoms with Crippen molar-refractivity contribution in [1.29, 1.82) is 5.26 Å². The van der Waals surface area contributed by atoms with Gasteiger partial charge in [0.2, 0.25) is 0 Å². The maximum atomic E-state index is 8.96. The number of anilines is 1. The predicted octanol–water partition coefficient (Wildman–Crippen LogP) is 2.35. The summed E-state index contributed by atoms with van der Waals surface area (Å²) in [7, 11) is 1.92. The van der Waals surface area contributed by atoms with E-state index in [4.69, 9.17) is 5.26 Å². The monoisotopic (exact) mass is 244 g/mol. The van der Waals surface area contributed by atoms with Gasteiger partial charge >= 0.3 is 0 Å². The molecule has 0 bridgehead atoms. The second-order valence-corrected chi connectivity index (χ2v) is 5.08. The van der Waals surface area contributed by atoms with Crippen LogP contribution in [0.25, 0.3) is 0 Å². The van der Waals surface area contributed by atoms with Gasteiger partial charge in [-0.1, -0.05) is 0 Å². The predicted molar refractivity (Wildman–Crippen MR) is 67.9 cm³/mol. The fourth-order valence-electron chi connectivity index (χ4n) is 1.57. The zero-order valence-corrected chi connectivity index (χ0v) is 10.5. The molecule has 0 fully saturated rings. The highest BCUT2D eigenvalue weighted by atomic mass is 32.1. The third-order valence-electron chi connectivity index (χ3n) is 2.34. The Morgan fingerprint density at radius 1 is 1.35 bits per heavy atom. The molecule has 0 aromatic carbocycles. The summed E-state index contributed by atoms with van der Waals surface area (Å²) in [6.45, 7) is 2.82. The number of thiophene rings is 1. The molecule has 0 saturated heterocycles. The van der Waals surface area contributed by atoms with E-state index in [0.717, 1.165) is 6.54 Å². The molecule has 0 radical (unpaired) electrons. The van der Waals surface area contributed by atoms with Crippen molar-refractivity contribution in [3.05, 3.63) is 40.0 Å². The maximum absolute atomic E-state index is 8.96. The fourth-order valence-corrected chi connectivity index (χ4v) is 2.51. The van der Waals surface area contributed by atoms with Gasteiger partial charge in [0.05, 0.1) is 6.54 Å². The molecule has 4 nitrogen and oxygen atoms in total. The zero-order valence-electron chi connectivity index (χ0n) is 9.71. The maximum Gasteiger partial charge on any atom is 0.183 e. The van der Waals surface area contributed by atoms with Crippen LogP contribution in [0, 0.1) is 18.3 Å².